The van der Waals surface area contributed by atoms with E-state index in [-0.39, 0.29) is 11.8 Å². The summed E-state index contributed by atoms with van der Waals surface area (Å²) in [6.45, 7) is 13.8. The Hall–Kier alpha value is -1.88. The third kappa shape index (κ3) is 8.16. The normalized spacial score (nSPS) is 11.4. The summed E-state index contributed by atoms with van der Waals surface area (Å²) in [6, 6.07) is 8.34. The van der Waals surface area contributed by atoms with Gasteiger partial charge in [-0.3, -0.25) is 14.5 Å². The maximum Gasteiger partial charge on any atom is 0.225 e. The van der Waals surface area contributed by atoms with E-state index in [1.54, 1.807) is 0 Å². The summed E-state index contributed by atoms with van der Waals surface area (Å²) in [6.07, 6.45) is 0.294. The first-order valence-electron chi connectivity index (χ1n) is 9.11. The van der Waals surface area contributed by atoms with Gasteiger partial charge in [0.05, 0.1) is 0 Å². The van der Waals surface area contributed by atoms with Crippen LogP contribution in [0, 0.1) is 5.41 Å². The van der Waals surface area contributed by atoms with Crippen molar-refractivity contribution in [3.63, 3.8) is 0 Å². The fraction of sp³-hybridized carbons (Fsp3) is 0.600. The van der Waals surface area contributed by atoms with Crippen LogP contribution in [0.3, 0.4) is 0 Å². The molecule has 0 aliphatic heterocycles. The molecule has 0 unspecified atom stereocenters. The number of hydrogen-bond donors (Lipinski definition) is 2. The zero-order valence-corrected chi connectivity index (χ0v) is 16.3. The smallest absolute Gasteiger partial charge is 0.225 e. The molecule has 1 aromatic rings. The molecule has 0 fully saturated rings. The molecule has 0 aliphatic rings. The van der Waals surface area contributed by atoms with Gasteiger partial charge in [0, 0.05) is 31.5 Å². The fourth-order valence-electron chi connectivity index (χ4n) is 2.31. The molecule has 1 aromatic carbocycles. The zero-order chi connectivity index (χ0) is 18.9. The second kappa shape index (κ2) is 10.2. The van der Waals surface area contributed by atoms with Crippen LogP contribution in [0.2, 0.25) is 0 Å². The molecule has 2 amide bonds. The molecule has 5 nitrogen and oxygen atoms in total. The molecule has 0 saturated carbocycles. The van der Waals surface area contributed by atoms with Crippen molar-refractivity contribution in [2.75, 3.05) is 19.6 Å². The number of hydrogen-bond acceptors (Lipinski definition) is 3. The van der Waals surface area contributed by atoms with Crippen LogP contribution in [0.4, 0.5) is 0 Å². The van der Waals surface area contributed by atoms with E-state index in [0.29, 0.717) is 19.5 Å². The summed E-state index contributed by atoms with van der Waals surface area (Å²) in [5.74, 6) is -0.0921. The Morgan fingerprint density at radius 1 is 0.960 bits per heavy atom. The minimum Gasteiger partial charge on any atom is -0.355 e. The minimum absolute atomic E-state index is 0.0379. The topological polar surface area (TPSA) is 61.4 Å². The summed E-state index contributed by atoms with van der Waals surface area (Å²) in [5, 5.41) is 5.68. The van der Waals surface area contributed by atoms with E-state index >= 15 is 0 Å². The van der Waals surface area contributed by atoms with Crippen LogP contribution < -0.4 is 10.6 Å². The van der Waals surface area contributed by atoms with Crippen LogP contribution in [0.25, 0.3) is 0 Å². The van der Waals surface area contributed by atoms with Gasteiger partial charge < -0.3 is 10.6 Å². The number of nitrogens with zero attached hydrogens (tertiary/aromatic N) is 1. The summed E-state index contributed by atoms with van der Waals surface area (Å²) < 4.78 is 0. The third-order valence-corrected chi connectivity index (χ3v) is 4.13. The SMILES string of the molecule is CCN(CC)Cc1ccc(CNC(=O)CCNC(=O)C(C)(C)C)cc1. The quantitative estimate of drug-likeness (QED) is 0.722. The maximum absolute atomic E-state index is 11.9. The van der Waals surface area contributed by atoms with E-state index in [0.717, 1.165) is 25.2 Å². The first kappa shape index (κ1) is 21.2. The Morgan fingerprint density at radius 3 is 2.04 bits per heavy atom. The largest absolute Gasteiger partial charge is 0.355 e. The molecule has 140 valence electrons. The predicted molar refractivity (Wildman–Crippen MR) is 102 cm³/mol. The van der Waals surface area contributed by atoms with Crippen LogP contribution in [-0.4, -0.2) is 36.3 Å². The lowest BCUT2D eigenvalue weighted by atomic mass is 9.96. The van der Waals surface area contributed by atoms with Gasteiger partial charge in [-0.1, -0.05) is 58.9 Å². The summed E-state index contributed by atoms with van der Waals surface area (Å²) in [7, 11) is 0. The van der Waals surface area contributed by atoms with E-state index in [1.807, 2.05) is 20.8 Å². The van der Waals surface area contributed by atoms with Gasteiger partial charge >= 0.3 is 0 Å². The van der Waals surface area contributed by atoms with Crippen molar-refractivity contribution in [2.24, 2.45) is 5.41 Å². The van der Waals surface area contributed by atoms with Gasteiger partial charge in [0.2, 0.25) is 11.8 Å². The van der Waals surface area contributed by atoms with Crippen molar-refractivity contribution in [1.29, 1.82) is 0 Å². The van der Waals surface area contributed by atoms with Crippen molar-refractivity contribution in [3.05, 3.63) is 35.4 Å². The van der Waals surface area contributed by atoms with Crippen molar-refractivity contribution in [1.82, 2.24) is 15.5 Å². The van der Waals surface area contributed by atoms with Crippen LogP contribution in [-0.2, 0) is 22.7 Å². The van der Waals surface area contributed by atoms with Crippen molar-refractivity contribution in [2.45, 2.75) is 54.1 Å². The molecular weight excluding hydrogens is 314 g/mol. The number of benzene rings is 1. The van der Waals surface area contributed by atoms with Gasteiger partial charge in [-0.15, -0.1) is 0 Å². The van der Waals surface area contributed by atoms with Gasteiger partial charge in [0.25, 0.3) is 0 Å². The van der Waals surface area contributed by atoms with Crippen molar-refractivity contribution in [3.8, 4) is 0 Å². The Kier molecular flexibility index (Phi) is 8.62. The molecule has 0 spiro atoms. The van der Waals surface area contributed by atoms with Crippen LogP contribution >= 0.6 is 0 Å². The van der Waals surface area contributed by atoms with Crippen LogP contribution in [0.1, 0.15) is 52.2 Å². The first-order chi connectivity index (χ1) is 11.8. The summed E-state index contributed by atoms with van der Waals surface area (Å²) in [5.41, 5.74) is 1.93. The second-order valence-corrected chi connectivity index (χ2v) is 7.31. The van der Waals surface area contributed by atoms with Gasteiger partial charge in [-0.05, 0) is 24.2 Å². The highest BCUT2D eigenvalue weighted by atomic mass is 16.2. The van der Waals surface area contributed by atoms with E-state index in [9.17, 15) is 9.59 Å². The average Bonchev–Trinajstić information content (AvgIpc) is 2.58. The number of nitrogens with one attached hydrogen (secondary N) is 2. The monoisotopic (exact) mass is 347 g/mol. The highest BCUT2D eigenvalue weighted by Gasteiger charge is 2.20. The van der Waals surface area contributed by atoms with Crippen molar-refractivity contribution < 1.29 is 9.59 Å². The molecular formula is C20H33N3O2. The molecule has 0 heterocycles. The zero-order valence-electron chi connectivity index (χ0n) is 16.3. The molecule has 0 aliphatic carbocycles. The van der Waals surface area contributed by atoms with Crippen LogP contribution in [0.5, 0.6) is 0 Å². The minimum atomic E-state index is -0.427. The van der Waals surface area contributed by atoms with Crippen molar-refractivity contribution >= 4 is 11.8 Å². The number of amides is 2. The molecule has 0 radical (unpaired) electrons. The van der Waals surface area contributed by atoms with E-state index in [2.05, 4.69) is 53.6 Å². The van der Waals surface area contributed by atoms with Gasteiger partial charge in [0.1, 0.15) is 0 Å². The molecule has 25 heavy (non-hydrogen) atoms. The highest BCUT2D eigenvalue weighted by Crippen LogP contribution is 2.12. The molecule has 0 atom stereocenters. The van der Waals surface area contributed by atoms with E-state index in [4.69, 9.17) is 0 Å². The molecule has 0 bridgehead atoms. The summed E-state index contributed by atoms with van der Waals surface area (Å²) >= 11 is 0. The molecule has 1 rings (SSSR count). The van der Waals surface area contributed by atoms with Gasteiger partial charge in [-0.2, -0.15) is 0 Å². The fourth-order valence-corrected chi connectivity index (χ4v) is 2.31. The molecule has 5 heteroatoms. The summed E-state index contributed by atoms with van der Waals surface area (Å²) in [4.78, 5) is 26.0. The Balaban J connectivity index is 2.33. The molecule has 2 N–H and O–H groups in total. The molecule has 0 saturated heterocycles. The Bertz CT molecular complexity index is 543. The van der Waals surface area contributed by atoms with Gasteiger partial charge in [-0.25, -0.2) is 0 Å². The van der Waals surface area contributed by atoms with Crippen LogP contribution in [0.15, 0.2) is 24.3 Å². The third-order valence-electron chi connectivity index (χ3n) is 4.13. The van der Waals surface area contributed by atoms with E-state index in [1.165, 1.54) is 5.56 Å². The lowest BCUT2D eigenvalue weighted by molar-refractivity contribution is -0.128. The first-order valence-corrected chi connectivity index (χ1v) is 9.11. The second-order valence-electron chi connectivity index (χ2n) is 7.31. The molecule has 0 aromatic heterocycles. The number of carbonyl (C=O) groups is 2. The number of rotatable bonds is 9. The lowest BCUT2D eigenvalue weighted by Crippen LogP contribution is -2.37. The van der Waals surface area contributed by atoms with Gasteiger partial charge in [0.15, 0.2) is 0 Å². The Labute approximate surface area is 152 Å². The standard InChI is InChI=1S/C20H33N3O2/c1-6-23(7-2)15-17-10-8-16(9-11-17)14-22-18(24)12-13-21-19(25)20(3,4)5/h8-11H,6-7,12-15H2,1-5H3,(H,21,25)(H,22,24). The predicted octanol–water partition coefficient (Wildman–Crippen LogP) is 2.70. The maximum atomic E-state index is 11.9. The number of carbonyl (C=O) groups excluding carboxylic acids is 2. The average molecular weight is 348 g/mol. The highest BCUT2D eigenvalue weighted by molar-refractivity contribution is 5.82. The Morgan fingerprint density at radius 2 is 1.52 bits per heavy atom. The van der Waals surface area contributed by atoms with E-state index < -0.39 is 5.41 Å². The lowest BCUT2D eigenvalue weighted by Gasteiger charge is -2.18.